The van der Waals surface area contributed by atoms with Gasteiger partial charge in [0.2, 0.25) is 0 Å². The quantitative estimate of drug-likeness (QED) is 0.910. The van der Waals surface area contributed by atoms with Crippen molar-refractivity contribution < 1.29 is 0 Å². The molecule has 0 aromatic carbocycles. The first-order chi connectivity index (χ1) is 8.70. The Balaban J connectivity index is 1.85. The topological polar surface area (TPSA) is 24.9 Å². The van der Waals surface area contributed by atoms with Crippen LogP contribution in [0.25, 0.3) is 0 Å². The van der Waals surface area contributed by atoms with Crippen molar-refractivity contribution in [2.45, 2.75) is 57.0 Å². The zero-order valence-corrected chi connectivity index (χ0v) is 12.9. The van der Waals surface area contributed by atoms with Gasteiger partial charge in [0.25, 0.3) is 0 Å². The van der Waals surface area contributed by atoms with Gasteiger partial charge in [-0.3, -0.25) is 0 Å². The number of aromatic nitrogens is 1. The fourth-order valence-corrected chi connectivity index (χ4v) is 4.92. The fraction of sp³-hybridized carbons (Fsp3) is 0.786. The van der Waals surface area contributed by atoms with E-state index in [2.05, 4.69) is 36.3 Å². The second kappa shape index (κ2) is 5.14. The SMILES string of the molecule is CC(C)c1csc(C2(NC3CC3)CCSCC2)n1. The Kier molecular flexibility index (Phi) is 3.70. The minimum atomic E-state index is 0.199. The van der Waals surface area contributed by atoms with E-state index in [1.54, 1.807) is 0 Å². The van der Waals surface area contributed by atoms with Crippen LogP contribution >= 0.6 is 23.1 Å². The zero-order chi connectivity index (χ0) is 12.6. The molecule has 1 aromatic heterocycles. The first kappa shape index (κ1) is 12.9. The number of hydrogen-bond donors (Lipinski definition) is 1. The maximum absolute atomic E-state index is 4.93. The van der Waals surface area contributed by atoms with Crippen molar-refractivity contribution in [2.75, 3.05) is 11.5 Å². The van der Waals surface area contributed by atoms with Gasteiger partial charge in [-0.05, 0) is 43.1 Å². The summed E-state index contributed by atoms with van der Waals surface area (Å²) in [7, 11) is 0. The molecule has 0 radical (unpaired) electrons. The van der Waals surface area contributed by atoms with Crippen molar-refractivity contribution >= 4 is 23.1 Å². The summed E-state index contributed by atoms with van der Waals surface area (Å²) in [6.45, 7) is 4.47. The van der Waals surface area contributed by atoms with Crippen molar-refractivity contribution in [2.24, 2.45) is 0 Å². The van der Waals surface area contributed by atoms with E-state index in [-0.39, 0.29) is 5.54 Å². The van der Waals surface area contributed by atoms with E-state index in [9.17, 15) is 0 Å². The van der Waals surface area contributed by atoms with Gasteiger partial charge in [0.05, 0.1) is 11.2 Å². The third-order valence-corrected chi connectivity index (χ3v) is 5.98. The molecule has 4 heteroatoms. The van der Waals surface area contributed by atoms with Gasteiger partial charge in [0.15, 0.2) is 0 Å². The molecule has 100 valence electrons. The Hall–Kier alpha value is -0.0600. The first-order valence-corrected chi connectivity index (χ1v) is 9.04. The summed E-state index contributed by atoms with van der Waals surface area (Å²) >= 11 is 3.96. The lowest BCUT2D eigenvalue weighted by atomic mass is 9.92. The minimum absolute atomic E-state index is 0.199. The number of nitrogens with zero attached hydrogens (tertiary/aromatic N) is 1. The lowest BCUT2D eigenvalue weighted by molar-refractivity contribution is 0.302. The number of thiazole rings is 1. The van der Waals surface area contributed by atoms with Gasteiger partial charge in [-0.25, -0.2) is 4.98 Å². The summed E-state index contributed by atoms with van der Waals surface area (Å²) < 4.78 is 0. The Labute approximate surface area is 118 Å². The van der Waals surface area contributed by atoms with Crippen LogP contribution in [0.1, 0.15) is 56.2 Å². The van der Waals surface area contributed by atoms with Gasteiger partial charge < -0.3 is 5.32 Å². The van der Waals surface area contributed by atoms with Crippen LogP contribution in [0.5, 0.6) is 0 Å². The molecule has 0 unspecified atom stereocenters. The smallest absolute Gasteiger partial charge is 0.113 e. The van der Waals surface area contributed by atoms with Gasteiger partial charge in [0.1, 0.15) is 5.01 Å². The number of rotatable bonds is 4. The van der Waals surface area contributed by atoms with Gasteiger partial charge in [-0.2, -0.15) is 11.8 Å². The summed E-state index contributed by atoms with van der Waals surface area (Å²) in [5, 5.41) is 7.52. The summed E-state index contributed by atoms with van der Waals surface area (Å²) in [6, 6.07) is 0.763. The van der Waals surface area contributed by atoms with Crippen LogP contribution in [0.15, 0.2) is 5.38 Å². The van der Waals surface area contributed by atoms with E-state index in [1.165, 1.54) is 47.9 Å². The molecular formula is C14H22N2S2. The molecule has 2 fully saturated rings. The summed E-state index contributed by atoms with van der Waals surface area (Å²) in [5.41, 5.74) is 1.47. The minimum Gasteiger partial charge on any atom is -0.303 e. The molecule has 1 aromatic rings. The molecule has 1 N–H and O–H groups in total. The Bertz CT molecular complexity index is 404. The molecule has 18 heavy (non-hydrogen) atoms. The van der Waals surface area contributed by atoms with E-state index >= 15 is 0 Å². The molecule has 2 heterocycles. The average Bonchev–Trinajstić information content (AvgIpc) is 3.02. The second-order valence-corrected chi connectivity index (χ2v) is 7.93. The standard InChI is InChI=1S/C14H22N2S2/c1-10(2)12-9-18-13(15-12)14(16-11-3-4-11)5-7-17-8-6-14/h9-11,16H,3-8H2,1-2H3. The second-order valence-electron chi connectivity index (χ2n) is 5.85. The predicted octanol–water partition coefficient (Wildman–Crippen LogP) is 3.74. The molecule has 1 aliphatic heterocycles. The highest BCUT2D eigenvalue weighted by Crippen LogP contribution is 2.40. The first-order valence-electron chi connectivity index (χ1n) is 7.01. The molecule has 1 aliphatic carbocycles. The maximum Gasteiger partial charge on any atom is 0.113 e. The highest BCUT2D eigenvalue weighted by Gasteiger charge is 2.40. The zero-order valence-electron chi connectivity index (χ0n) is 11.2. The molecule has 2 aliphatic rings. The van der Waals surface area contributed by atoms with Crippen molar-refractivity contribution in [3.05, 3.63) is 16.1 Å². The maximum atomic E-state index is 4.93. The molecule has 3 rings (SSSR count). The van der Waals surface area contributed by atoms with Crippen LogP contribution in [0.3, 0.4) is 0 Å². The molecule has 1 saturated carbocycles. The van der Waals surface area contributed by atoms with Crippen molar-refractivity contribution in [1.29, 1.82) is 0 Å². The van der Waals surface area contributed by atoms with Gasteiger partial charge in [0, 0.05) is 11.4 Å². The van der Waals surface area contributed by atoms with Crippen molar-refractivity contribution in [3.63, 3.8) is 0 Å². The average molecular weight is 282 g/mol. The number of thioether (sulfide) groups is 1. The summed E-state index contributed by atoms with van der Waals surface area (Å²) in [4.78, 5) is 4.93. The lowest BCUT2D eigenvalue weighted by Crippen LogP contribution is -2.46. The molecule has 0 atom stereocenters. The van der Waals surface area contributed by atoms with E-state index < -0.39 is 0 Å². The molecule has 1 saturated heterocycles. The van der Waals surface area contributed by atoms with Gasteiger partial charge in [-0.1, -0.05) is 13.8 Å². The van der Waals surface area contributed by atoms with Crippen molar-refractivity contribution in [3.8, 4) is 0 Å². The van der Waals surface area contributed by atoms with Gasteiger partial charge in [-0.15, -0.1) is 11.3 Å². The fourth-order valence-electron chi connectivity index (χ4n) is 2.53. The van der Waals surface area contributed by atoms with E-state index in [4.69, 9.17) is 4.98 Å². The predicted molar refractivity (Wildman–Crippen MR) is 80.6 cm³/mol. The summed E-state index contributed by atoms with van der Waals surface area (Å²) in [5.74, 6) is 3.10. The third kappa shape index (κ3) is 2.61. The van der Waals surface area contributed by atoms with Crippen LogP contribution in [-0.2, 0) is 5.54 Å². The molecular weight excluding hydrogens is 260 g/mol. The van der Waals surface area contributed by atoms with Crippen LogP contribution in [0, 0.1) is 0 Å². The van der Waals surface area contributed by atoms with Crippen molar-refractivity contribution in [1.82, 2.24) is 10.3 Å². The Morgan fingerprint density at radius 1 is 1.33 bits per heavy atom. The highest BCUT2D eigenvalue weighted by molar-refractivity contribution is 7.99. The normalized spacial score (nSPS) is 23.5. The van der Waals surface area contributed by atoms with Gasteiger partial charge >= 0.3 is 0 Å². The largest absolute Gasteiger partial charge is 0.303 e. The Morgan fingerprint density at radius 2 is 2.06 bits per heavy atom. The van der Waals surface area contributed by atoms with Crippen LogP contribution in [0.4, 0.5) is 0 Å². The molecule has 0 spiro atoms. The molecule has 2 nitrogen and oxygen atoms in total. The van der Waals surface area contributed by atoms with Crippen LogP contribution in [-0.4, -0.2) is 22.5 Å². The monoisotopic (exact) mass is 282 g/mol. The summed E-state index contributed by atoms with van der Waals surface area (Å²) in [6.07, 6.45) is 5.22. The van der Waals surface area contributed by atoms with E-state index in [1.807, 2.05) is 11.3 Å². The third-order valence-electron chi connectivity index (χ3n) is 3.93. The number of hydrogen-bond acceptors (Lipinski definition) is 4. The Morgan fingerprint density at radius 3 is 2.61 bits per heavy atom. The van der Waals surface area contributed by atoms with Crippen LogP contribution in [0.2, 0.25) is 0 Å². The number of nitrogens with one attached hydrogen (secondary N) is 1. The van der Waals surface area contributed by atoms with Crippen LogP contribution < -0.4 is 5.32 Å². The van der Waals surface area contributed by atoms with E-state index in [0.717, 1.165) is 6.04 Å². The molecule has 0 amide bonds. The van der Waals surface area contributed by atoms with E-state index in [0.29, 0.717) is 5.92 Å². The lowest BCUT2D eigenvalue weighted by Gasteiger charge is -2.36. The highest BCUT2D eigenvalue weighted by atomic mass is 32.2. The molecule has 0 bridgehead atoms.